The maximum Gasteiger partial charge on any atom is 0.235 e. The van der Waals surface area contributed by atoms with Crippen LogP contribution in [-0.4, -0.2) is 87.4 Å². The number of carbonyl (C=O) groups excluding carboxylic acids is 5. The Kier molecular flexibility index (Phi) is 7.48. The van der Waals surface area contributed by atoms with E-state index in [0.29, 0.717) is 34.7 Å². The van der Waals surface area contributed by atoms with Crippen LogP contribution >= 0.6 is 11.6 Å². The van der Waals surface area contributed by atoms with E-state index >= 15 is 0 Å². The van der Waals surface area contributed by atoms with Gasteiger partial charge >= 0.3 is 0 Å². The SMILES string of the molecule is CCN(Cc1cc(O)c2c(c1Cl)C[C@H]1C[C@H]3[C@H](N(C)C)C(=O)C(C(N)=O)C(=O)[C@@]3(O)C(=O)C1C2=O)[C@H]1CC2CCC1(C)C2(C)C. The van der Waals surface area contributed by atoms with Crippen LogP contribution in [0, 0.1) is 40.4 Å². The molecular formula is C34H44ClN3O7. The molecule has 10 nitrogen and oxygen atoms in total. The fourth-order valence-electron chi connectivity index (χ4n) is 10.2. The first-order valence-electron chi connectivity index (χ1n) is 16.0. The lowest BCUT2D eigenvalue weighted by molar-refractivity contribution is -0.181. The average molecular weight is 642 g/mol. The summed E-state index contributed by atoms with van der Waals surface area (Å²) in [6, 6.07) is 0.703. The lowest BCUT2D eigenvalue weighted by Crippen LogP contribution is -2.74. The normalized spacial score (nSPS) is 38.5. The molecule has 45 heavy (non-hydrogen) atoms. The van der Waals surface area contributed by atoms with Crippen molar-refractivity contribution in [3.8, 4) is 5.75 Å². The highest BCUT2D eigenvalue weighted by Gasteiger charge is 2.69. The number of nitrogens with two attached hydrogens (primary N) is 1. The third-order valence-corrected chi connectivity index (χ3v) is 13.5. The number of likely N-dealkylation sites (N-methyl/N-ethyl adjacent to an activating group) is 1. The van der Waals surface area contributed by atoms with E-state index in [2.05, 4.69) is 32.6 Å². The van der Waals surface area contributed by atoms with E-state index in [-0.39, 0.29) is 35.0 Å². The van der Waals surface area contributed by atoms with Gasteiger partial charge in [0.2, 0.25) is 5.91 Å². The van der Waals surface area contributed by atoms with Crippen molar-refractivity contribution in [1.29, 1.82) is 0 Å². The minimum atomic E-state index is -2.75. The van der Waals surface area contributed by atoms with Gasteiger partial charge in [0, 0.05) is 23.5 Å². The highest BCUT2D eigenvalue weighted by Crippen LogP contribution is 2.66. The van der Waals surface area contributed by atoms with Gasteiger partial charge in [-0.15, -0.1) is 0 Å². The lowest BCUT2D eigenvalue weighted by atomic mass is 9.52. The van der Waals surface area contributed by atoms with Crippen molar-refractivity contribution in [3.05, 3.63) is 27.8 Å². The van der Waals surface area contributed by atoms with E-state index in [1.807, 2.05) is 0 Å². The molecule has 0 radical (unpaired) electrons. The molecule has 0 heterocycles. The van der Waals surface area contributed by atoms with E-state index in [1.54, 1.807) is 14.1 Å². The van der Waals surface area contributed by atoms with E-state index in [1.165, 1.54) is 17.4 Å². The smallest absolute Gasteiger partial charge is 0.235 e. The van der Waals surface area contributed by atoms with Crippen molar-refractivity contribution in [2.75, 3.05) is 20.6 Å². The summed E-state index contributed by atoms with van der Waals surface area (Å²) >= 11 is 7.06. The van der Waals surface area contributed by atoms with Crippen LogP contribution < -0.4 is 5.73 Å². The Morgan fingerprint density at radius 3 is 2.31 bits per heavy atom. The summed E-state index contributed by atoms with van der Waals surface area (Å²) in [6.07, 6.45) is 3.62. The molecule has 1 aromatic rings. The number of amides is 1. The molecule has 5 aliphatic rings. The molecule has 0 saturated heterocycles. The van der Waals surface area contributed by atoms with Gasteiger partial charge in [0.15, 0.2) is 34.7 Å². The van der Waals surface area contributed by atoms with E-state index in [9.17, 15) is 34.2 Å². The van der Waals surface area contributed by atoms with Gasteiger partial charge in [0.25, 0.3) is 0 Å². The molecule has 9 atom stereocenters. The Bertz CT molecular complexity index is 1540. The largest absolute Gasteiger partial charge is 0.507 e. The van der Waals surface area contributed by atoms with Crippen molar-refractivity contribution in [1.82, 2.24) is 9.80 Å². The maximum absolute atomic E-state index is 14.0. The van der Waals surface area contributed by atoms with Crippen molar-refractivity contribution in [2.45, 2.75) is 84.0 Å². The van der Waals surface area contributed by atoms with Crippen LogP contribution in [-0.2, 0) is 32.1 Å². The maximum atomic E-state index is 14.0. The van der Waals surface area contributed by atoms with E-state index in [0.717, 1.165) is 19.4 Å². The van der Waals surface area contributed by atoms with Crippen molar-refractivity contribution in [3.63, 3.8) is 0 Å². The molecule has 5 aliphatic carbocycles. The van der Waals surface area contributed by atoms with Gasteiger partial charge in [-0.2, -0.15) is 0 Å². The van der Waals surface area contributed by atoms with Gasteiger partial charge < -0.3 is 15.9 Å². The van der Waals surface area contributed by atoms with E-state index in [4.69, 9.17) is 17.3 Å². The summed E-state index contributed by atoms with van der Waals surface area (Å²) in [7, 11) is 3.13. The number of primary amides is 1. The van der Waals surface area contributed by atoms with Crippen molar-refractivity contribution >= 4 is 40.6 Å². The minimum absolute atomic E-state index is 0.0107. The highest BCUT2D eigenvalue weighted by atomic mass is 35.5. The summed E-state index contributed by atoms with van der Waals surface area (Å²) in [4.78, 5) is 70.9. The van der Waals surface area contributed by atoms with Gasteiger partial charge in [0.05, 0.1) is 17.5 Å². The molecule has 4 N–H and O–H groups in total. The number of rotatable bonds is 6. The Hall–Kier alpha value is -2.66. The predicted octanol–water partition coefficient (Wildman–Crippen LogP) is 2.56. The van der Waals surface area contributed by atoms with Crippen molar-refractivity contribution in [2.24, 2.45) is 46.2 Å². The third kappa shape index (κ3) is 4.14. The number of carbonyl (C=O) groups is 5. The zero-order valence-corrected chi connectivity index (χ0v) is 27.6. The second kappa shape index (κ2) is 10.4. The third-order valence-electron chi connectivity index (χ3n) is 13.0. The molecule has 0 aromatic heterocycles. The van der Waals surface area contributed by atoms with Gasteiger partial charge in [-0.1, -0.05) is 39.3 Å². The molecule has 11 heteroatoms. The Morgan fingerprint density at radius 2 is 1.78 bits per heavy atom. The fraction of sp³-hybridized carbons (Fsp3) is 0.676. The first-order valence-corrected chi connectivity index (χ1v) is 16.4. The quantitative estimate of drug-likeness (QED) is 0.397. The van der Waals surface area contributed by atoms with Gasteiger partial charge in [0.1, 0.15) is 5.75 Å². The molecule has 1 amide bonds. The number of halogens is 1. The molecule has 4 unspecified atom stereocenters. The monoisotopic (exact) mass is 641 g/mol. The van der Waals surface area contributed by atoms with Crippen LogP contribution in [0.1, 0.15) is 74.9 Å². The van der Waals surface area contributed by atoms with Gasteiger partial charge in [-0.05, 0) is 92.6 Å². The van der Waals surface area contributed by atoms with Crippen LogP contribution in [0.25, 0.3) is 0 Å². The standard InChI is InChI=1S/C34H44ClN3O7/c1-7-38(21-13-17-8-9-33(21,4)32(17,2)3)14-16-12-20(39)23-18(25(16)35)10-15-11-19-26(37(5)6)28(41)24(31(36)44)30(43)34(19,45)29(42)22(15)27(23)40/h12,15,17,19,21-22,24,26,39,45H,7-11,13-14H2,1-6H3,(H2,36,44)/t15-,17?,19-,21-,22?,24?,26-,33?,34-/m0/s1. The first kappa shape index (κ1) is 32.3. The van der Waals surface area contributed by atoms with Crippen LogP contribution in [0.2, 0.25) is 5.02 Å². The average Bonchev–Trinajstić information content (AvgIpc) is 3.29. The topological polar surface area (TPSA) is 158 Å². The second-order valence-electron chi connectivity index (χ2n) is 15.2. The number of phenolic OH excluding ortho intramolecular Hbond substituents is 1. The number of nitrogens with zero attached hydrogens (tertiary/aromatic N) is 2. The number of benzene rings is 1. The summed E-state index contributed by atoms with van der Waals surface area (Å²) in [5.74, 6) is -10.0. The van der Waals surface area contributed by atoms with Crippen LogP contribution in [0.5, 0.6) is 5.75 Å². The number of aromatic hydroxyl groups is 1. The Labute approximate surface area is 268 Å². The number of fused-ring (bicyclic) bond motifs is 5. The molecule has 244 valence electrons. The minimum Gasteiger partial charge on any atom is -0.507 e. The predicted molar refractivity (Wildman–Crippen MR) is 165 cm³/mol. The Morgan fingerprint density at radius 1 is 1.11 bits per heavy atom. The molecule has 4 fully saturated rings. The van der Waals surface area contributed by atoms with Gasteiger partial charge in [-0.3, -0.25) is 33.8 Å². The lowest BCUT2D eigenvalue weighted by Gasteiger charge is -2.52. The van der Waals surface area contributed by atoms with E-state index < -0.39 is 64.4 Å². The molecule has 4 saturated carbocycles. The van der Waals surface area contributed by atoms with Crippen LogP contribution in [0.15, 0.2) is 6.07 Å². The first-order chi connectivity index (χ1) is 20.9. The highest BCUT2D eigenvalue weighted by molar-refractivity contribution is 6.34. The number of hydrogen-bond acceptors (Lipinski definition) is 9. The molecule has 6 rings (SSSR count). The molecular weight excluding hydrogens is 598 g/mol. The zero-order chi connectivity index (χ0) is 33.1. The summed E-state index contributed by atoms with van der Waals surface area (Å²) in [5, 5.41) is 23.4. The summed E-state index contributed by atoms with van der Waals surface area (Å²) in [5.41, 5.74) is 4.06. The number of ketones is 4. The fourth-order valence-corrected chi connectivity index (χ4v) is 10.5. The van der Waals surface area contributed by atoms with Crippen LogP contribution in [0.4, 0.5) is 0 Å². The van der Waals surface area contributed by atoms with Crippen molar-refractivity contribution < 1.29 is 34.2 Å². The number of aliphatic hydroxyl groups is 1. The number of hydrogen-bond donors (Lipinski definition) is 3. The molecule has 1 aromatic carbocycles. The van der Waals surface area contributed by atoms with Crippen LogP contribution in [0.3, 0.4) is 0 Å². The summed E-state index contributed by atoms with van der Waals surface area (Å²) < 4.78 is 0. The number of phenols is 1. The second-order valence-corrected chi connectivity index (χ2v) is 15.6. The zero-order valence-electron chi connectivity index (χ0n) is 26.9. The Balaban J connectivity index is 1.37. The van der Waals surface area contributed by atoms with Gasteiger partial charge in [-0.25, -0.2) is 0 Å². The summed E-state index contributed by atoms with van der Waals surface area (Å²) in [6.45, 7) is 10.5. The molecule has 2 bridgehead atoms. The number of Topliss-reactive ketones (excluding diaryl/α,β-unsaturated/α-hetero) is 4. The molecule has 0 spiro atoms. The molecule has 0 aliphatic heterocycles.